The minimum Gasteiger partial charge on any atom is -0.324 e. The number of nitrogens with one attached hydrogen (secondary N) is 2. The van der Waals surface area contributed by atoms with Crippen molar-refractivity contribution in [1.82, 2.24) is 5.32 Å². The summed E-state index contributed by atoms with van der Waals surface area (Å²) in [5.41, 5.74) is 1.10. The van der Waals surface area contributed by atoms with Crippen molar-refractivity contribution >= 4 is 11.6 Å². The monoisotopic (exact) mass is 210 g/mol. The van der Waals surface area contributed by atoms with Crippen LogP contribution in [0.5, 0.6) is 0 Å². The maximum Gasteiger partial charge on any atom is 0.221 e. The van der Waals surface area contributed by atoms with Crippen LogP contribution in [0.4, 0.5) is 10.1 Å². The molecule has 15 heavy (non-hydrogen) atoms. The molecule has 1 aromatic carbocycles. The molecule has 1 amide bonds. The molecule has 1 rings (SSSR count). The van der Waals surface area contributed by atoms with Gasteiger partial charge in [-0.05, 0) is 31.6 Å². The first-order chi connectivity index (χ1) is 7.15. The second-order valence-corrected chi connectivity index (χ2v) is 3.31. The molecule has 3 nitrogen and oxygen atoms in total. The number of halogens is 1. The van der Waals surface area contributed by atoms with Crippen molar-refractivity contribution in [3.05, 3.63) is 29.6 Å². The van der Waals surface area contributed by atoms with Crippen LogP contribution in [0.2, 0.25) is 0 Å². The molecule has 0 aliphatic rings. The van der Waals surface area contributed by atoms with E-state index in [1.165, 1.54) is 13.0 Å². The van der Waals surface area contributed by atoms with Gasteiger partial charge in [-0.25, -0.2) is 4.39 Å². The highest BCUT2D eigenvalue weighted by Crippen LogP contribution is 2.20. The quantitative estimate of drug-likeness (QED) is 0.791. The lowest BCUT2D eigenvalue weighted by molar-refractivity contribution is -0.114. The highest BCUT2D eigenvalue weighted by molar-refractivity contribution is 5.89. The second-order valence-electron chi connectivity index (χ2n) is 3.31. The molecule has 1 aromatic rings. The number of rotatable bonds is 4. The van der Waals surface area contributed by atoms with E-state index in [9.17, 15) is 9.18 Å². The van der Waals surface area contributed by atoms with Crippen LogP contribution in [0.1, 0.15) is 12.5 Å². The minimum absolute atomic E-state index is 0.259. The lowest BCUT2D eigenvalue weighted by Gasteiger charge is -2.10. The van der Waals surface area contributed by atoms with Crippen molar-refractivity contribution in [1.29, 1.82) is 0 Å². The predicted octanol–water partition coefficient (Wildman–Crippen LogP) is 1.55. The summed E-state index contributed by atoms with van der Waals surface area (Å²) in [7, 11) is 1.83. The zero-order valence-electron chi connectivity index (χ0n) is 8.93. The third kappa shape index (κ3) is 3.32. The molecule has 0 unspecified atom stereocenters. The predicted molar refractivity (Wildman–Crippen MR) is 58.3 cm³/mol. The van der Waals surface area contributed by atoms with Crippen LogP contribution in [-0.2, 0) is 11.2 Å². The van der Waals surface area contributed by atoms with Crippen molar-refractivity contribution in [3.8, 4) is 0 Å². The van der Waals surface area contributed by atoms with Gasteiger partial charge in [-0.15, -0.1) is 0 Å². The third-order valence-corrected chi connectivity index (χ3v) is 2.05. The normalized spacial score (nSPS) is 10.1. The number of hydrogen-bond donors (Lipinski definition) is 2. The highest BCUT2D eigenvalue weighted by Gasteiger charge is 2.08. The maximum absolute atomic E-state index is 13.4. The van der Waals surface area contributed by atoms with E-state index >= 15 is 0 Å². The molecule has 0 aromatic heterocycles. The summed E-state index contributed by atoms with van der Waals surface area (Å²) in [6.07, 6.45) is 0.684. The van der Waals surface area contributed by atoms with Crippen molar-refractivity contribution in [2.45, 2.75) is 13.3 Å². The number of benzene rings is 1. The van der Waals surface area contributed by atoms with E-state index in [-0.39, 0.29) is 11.7 Å². The van der Waals surface area contributed by atoms with Gasteiger partial charge in [0, 0.05) is 6.92 Å². The molecular weight excluding hydrogens is 195 g/mol. The Hall–Kier alpha value is -1.42. The van der Waals surface area contributed by atoms with Gasteiger partial charge in [-0.2, -0.15) is 0 Å². The summed E-state index contributed by atoms with van der Waals surface area (Å²) in [6.45, 7) is 2.12. The smallest absolute Gasteiger partial charge is 0.221 e. The molecule has 0 aliphatic carbocycles. The molecule has 0 saturated heterocycles. The first kappa shape index (κ1) is 11.7. The summed E-state index contributed by atoms with van der Waals surface area (Å²) >= 11 is 0. The zero-order valence-corrected chi connectivity index (χ0v) is 8.93. The summed E-state index contributed by atoms with van der Waals surface area (Å²) in [6, 6.07) is 4.80. The molecule has 0 aliphatic heterocycles. The van der Waals surface area contributed by atoms with E-state index in [1.807, 2.05) is 13.1 Å². The minimum atomic E-state index is -0.390. The molecule has 82 valence electrons. The lowest BCUT2D eigenvalue weighted by atomic mass is 10.1. The largest absolute Gasteiger partial charge is 0.324 e. The number of hydrogen-bond acceptors (Lipinski definition) is 2. The van der Waals surface area contributed by atoms with Gasteiger partial charge in [0.25, 0.3) is 0 Å². The van der Waals surface area contributed by atoms with E-state index < -0.39 is 0 Å². The first-order valence-corrected chi connectivity index (χ1v) is 4.84. The van der Waals surface area contributed by atoms with Gasteiger partial charge < -0.3 is 10.6 Å². The lowest BCUT2D eigenvalue weighted by Crippen LogP contribution is -2.14. The van der Waals surface area contributed by atoms with Crippen LogP contribution in [-0.4, -0.2) is 19.5 Å². The van der Waals surface area contributed by atoms with Crippen LogP contribution in [0.3, 0.4) is 0 Å². The van der Waals surface area contributed by atoms with Crippen LogP contribution >= 0.6 is 0 Å². The van der Waals surface area contributed by atoms with Gasteiger partial charge in [-0.1, -0.05) is 12.1 Å². The Morgan fingerprint density at radius 2 is 2.20 bits per heavy atom. The van der Waals surface area contributed by atoms with Crippen molar-refractivity contribution in [2.75, 3.05) is 18.9 Å². The van der Waals surface area contributed by atoms with E-state index in [0.29, 0.717) is 12.1 Å². The summed E-state index contributed by atoms with van der Waals surface area (Å²) in [5, 5.41) is 5.49. The Balaban J connectivity index is 2.92. The average molecular weight is 210 g/mol. The van der Waals surface area contributed by atoms with E-state index in [1.54, 1.807) is 6.07 Å². The second kappa shape index (κ2) is 5.46. The van der Waals surface area contributed by atoms with Gasteiger partial charge in [0.2, 0.25) is 5.91 Å². The first-order valence-electron chi connectivity index (χ1n) is 4.84. The SMILES string of the molecule is CNCCc1cccc(F)c1NC(C)=O. The third-order valence-electron chi connectivity index (χ3n) is 2.05. The molecule has 0 heterocycles. The van der Waals surface area contributed by atoms with E-state index in [2.05, 4.69) is 10.6 Å². The fourth-order valence-electron chi connectivity index (χ4n) is 1.35. The Morgan fingerprint density at radius 1 is 1.47 bits per heavy atom. The molecular formula is C11H15FN2O. The molecule has 0 saturated carbocycles. The number of carbonyl (C=O) groups is 1. The van der Waals surface area contributed by atoms with Crippen molar-refractivity contribution in [3.63, 3.8) is 0 Å². The molecule has 4 heteroatoms. The summed E-state index contributed by atoms with van der Waals surface area (Å²) in [4.78, 5) is 10.9. The van der Waals surface area contributed by atoms with Crippen LogP contribution in [0.15, 0.2) is 18.2 Å². The Kier molecular flexibility index (Phi) is 4.24. The number of carbonyl (C=O) groups excluding carboxylic acids is 1. The highest BCUT2D eigenvalue weighted by atomic mass is 19.1. The molecule has 0 bridgehead atoms. The van der Waals surface area contributed by atoms with Crippen LogP contribution in [0, 0.1) is 5.82 Å². The number of amides is 1. The summed E-state index contributed by atoms with van der Waals surface area (Å²) in [5.74, 6) is -0.649. The topological polar surface area (TPSA) is 41.1 Å². The average Bonchev–Trinajstić information content (AvgIpc) is 2.18. The van der Waals surface area contributed by atoms with E-state index in [4.69, 9.17) is 0 Å². The number of anilines is 1. The standard InChI is InChI=1S/C11H15FN2O/c1-8(15)14-11-9(6-7-13-2)4-3-5-10(11)12/h3-5,13H,6-7H2,1-2H3,(H,14,15). The van der Waals surface area contributed by atoms with Crippen molar-refractivity contribution in [2.24, 2.45) is 0 Å². The zero-order chi connectivity index (χ0) is 11.3. The number of para-hydroxylation sites is 1. The fourth-order valence-corrected chi connectivity index (χ4v) is 1.35. The molecule has 0 atom stereocenters. The van der Waals surface area contributed by atoms with Gasteiger partial charge in [-0.3, -0.25) is 4.79 Å². The molecule has 0 spiro atoms. The van der Waals surface area contributed by atoms with Gasteiger partial charge in [0.05, 0.1) is 5.69 Å². The van der Waals surface area contributed by atoms with E-state index in [0.717, 1.165) is 12.1 Å². The van der Waals surface area contributed by atoms with Crippen molar-refractivity contribution < 1.29 is 9.18 Å². The fraction of sp³-hybridized carbons (Fsp3) is 0.364. The molecule has 0 radical (unpaired) electrons. The van der Waals surface area contributed by atoms with Crippen LogP contribution < -0.4 is 10.6 Å². The Labute approximate surface area is 88.7 Å². The summed E-state index contributed by atoms with van der Waals surface area (Å²) < 4.78 is 13.4. The van der Waals surface area contributed by atoms with Crippen LogP contribution in [0.25, 0.3) is 0 Å². The van der Waals surface area contributed by atoms with Gasteiger partial charge in [0.1, 0.15) is 5.82 Å². The van der Waals surface area contributed by atoms with Gasteiger partial charge >= 0.3 is 0 Å². The Morgan fingerprint density at radius 3 is 2.80 bits per heavy atom. The Bertz CT molecular complexity index is 352. The maximum atomic E-state index is 13.4. The molecule has 2 N–H and O–H groups in total. The number of likely N-dealkylation sites (N-methyl/N-ethyl adjacent to an activating group) is 1. The van der Waals surface area contributed by atoms with Gasteiger partial charge in [0.15, 0.2) is 0 Å². The molecule has 0 fully saturated rings.